The summed E-state index contributed by atoms with van der Waals surface area (Å²) in [6.45, 7) is -0.173. The maximum absolute atomic E-state index is 9.85. The smallest absolute Gasteiger partial charge is 0.320 e. The Morgan fingerprint density at radius 3 is 2.22 bits per heavy atom. The zero-order chi connectivity index (χ0) is 6.57. The van der Waals surface area contributed by atoms with E-state index in [0.717, 1.165) is 0 Å². The second-order valence-corrected chi connectivity index (χ2v) is 1.46. The first-order chi connectivity index (χ1) is 3.68. The van der Waals surface area contributed by atoms with Gasteiger partial charge in [0.1, 0.15) is 6.04 Å². The van der Waals surface area contributed by atoms with Crippen LogP contribution in [0.25, 0.3) is 0 Å². The molecule has 0 radical (unpaired) electrons. The van der Waals surface area contributed by atoms with Gasteiger partial charge in [-0.15, -0.1) is 17.0 Å². The highest BCUT2D eigenvalue weighted by atomic mass is 79.9. The number of nitrogens with two attached hydrogens (primary N) is 1. The lowest BCUT2D eigenvalue weighted by Crippen LogP contribution is -2.30. The average Bonchev–Trinajstić information content (AvgIpc) is 1.67. The second kappa shape index (κ2) is 6.00. The molecule has 0 amide bonds. The van der Waals surface area contributed by atoms with E-state index in [2.05, 4.69) is 0 Å². The van der Waals surface area contributed by atoms with Crippen molar-refractivity contribution >= 4 is 23.0 Å². The number of hydrogen-bond acceptors (Lipinski definition) is 3. The number of aliphatic hydroxyl groups excluding tert-OH is 1. The van der Waals surface area contributed by atoms with Crippen LogP contribution in [0, 0.1) is 0 Å². The van der Waals surface area contributed by atoms with Crippen LogP contribution in [0.15, 0.2) is 0 Å². The minimum atomic E-state index is -1.07. The number of halogens is 1. The van der Waals surface area contributed by atoms with Crippen molar-refractivity contribution in [2.24, 2.45) is 5.73 Å². The molecule has 0 fully saturated rings. The van der Waals surface area contributed by atoms with Crippen LogP contribution < -0.4 is 5.73 Å². The summed E-state index contributed by atoms with van der Waals surface area (Å²) >= 11 is 0. The predicted octanol–water partition coefficient (Wildman–Crippen LogP) is -0.641. The van der Waals surface area contributed by atoms with Crippen LogP contribution in [0.5, 0.6) is 0 Å². The van der Waals surface area contributed by atoms with E-state index in [-0.39, 0.29) is 30.0 Å². The average molecular weight is 200 g/mol. The van der Waals surface area contributed by atoms with E-state index in [1.807, 2.05) is 0 Å². The lowest BCUT2D eigenvalue weighted by molar-refractivity contribution is -0.138. The van der Waals surface area contributed by atoms with Crippen molar-refractivity contribution in [1.82, 2.24) is 0 Å². The van der Waals surface area contributed by atoms with Gasteiger partial charge in [0.15, 0.2) is 0 Å². The van der Waals surface area contributed by atoms with E-state index in [0.29, 0.717) is 0 Å². The summed E-state index contributed by atoms with van der Waals surface area (Å²) < 4.78 is 0. The van der Waals surface area contributed by atoms with Crippen molar-refractivity contribution in [2.75, 3.05) is 6.61 Å². The van der Waals surface area contributed by atoms with E-state index in [4.69, 9.17) is 15.9 Å². The molecular formula is C4H10BrNO3. The molecule has 0 bridgehead atoms. The maximum Gasteiger partial charge on any atom is 0.320 e. The molecule has 0 aliphatic heterocycles. The van der Waals surface area contributed by atoms with Gasteiger partial charge in [0.2, 0.25) is 0 Å². The molecule has 0 heterocycles. The monoisotopic (exact) mass is 199 g/mol. The van der Waals surface area contributed by atoms with E-state index in [1.165, 1.54) is 0 Å². The molecule has 0 aromatic heterocycles. The van der Waals surface area contributed by atoms with Crippen molar-refractivity contribution < 1.29 is 15.0 Å². The highest BCUT2D eigenvalue weighted by molar-refractivity contribution is 8.93. The second-order valence-electron chi connectivity index (χ2n) is 1.46. The first kappa shape index (κ1) is 11.6. The van der Waals surface area contributed by atoms with Gasteiger partial charge < -0.3 is 15.9 Å². The fourth-order valence-electron chi connectivity index (χ4n) is 0.263. The van der Waals surface area contributed by atoms with Crippen molar-refractivity contribution in [1.29, 1.82) is 0 Å². The minimum absolute atomic E-state index is 0. The first-order valence-electron chi connectivity index (χ1n) is 2.27. The zero-order valence-electron chi connectivity index (χ0n) is 4.78. The Labute approximate surface area is 63.4 Å². The normalized spacial score (nSPS) is 11.8. The van der Waals surface area contributed by atoms with Crippen LogP contribution in [-0.4, -0.2) is 28.8 Å². The molecule has 0 rings (SSSR count). The summed E-state index contributed by atoms with van der Waals surface area (Å²) in [4.78, 5) is 9.85. The van der Waals surface area contributed by atoms with Gasteiger partial charge in [-0.3, -0.25) is 4.79 Å². The molecule has 5 heteroatoms. The highest BCUT2D eigenvalue weighted by Crippen LogP contribution is 1.83. The SMILES string of the molecule is Br.NC(CCO)C(=O)O. The first-order valence-corrected chi connectivity index (χ1v) is 2.27. The fraction of sp³-hybridized carbons (Fsp3) is 0.750. The number of aliphatic hydroxyl groups is 1. The Hall–Kier alpha value is -0.130. The highest BCUT2D eigenvalue weighted by Gasteiger charge is 2.08. The van der Waals surface area contributed by atoms with E-state index in [1.54, 1.807) is 0 Å². The van der Waals surface area contributed by atoms with Gasteiger partial charge in [-0.1, -0.05) is 0 Å². The Morgan fingerprint density at radius 2 is 2.11 bits per heavy atom. The van der Waals surface area contributed by atoms with Crippen molar-refractivity contribution in [2.45, 2.75) is 12.5 Å². The van der Waals surface area contributed by atoms with Crippen LogP contribution in [0.3, 0.4) is 0 Å². The molecule has 0 aliphatic rings. The van der Waals surface area contributed by atoms with Gasteiger partial charge in [0, 0.05) is 6.61 Å². The third kappa shape index (κ3) is 5.75. The van der Waals surface area contributed by atoms with Crippen LogP contribution in [0.4, 0.5) is 0 Å². The lowest BCUT2D eigenvalue weighted by Gasteiger charge is -2.00. The molecule has 9 heavy (non-hydrogen) atoms. The minimum Gasteiger partial charge on any atom is -0.480 e. The number of rotatable bonds is 3. The van der Waals surface area contributed by atoms with Gasteiger partial charge in [-0.2, -0.15) is 0 Å². The molecule has 56 valence electrons. The van der Waals surface area contributed by atoms with Gasteiger partial charge >= 0.3 is 5.97 Å². The number of carboxylic acids is 1. The Balaban J connectivity index is 0. The fourth-order valence-corrected chi connectivity index (χ4v) is 0.263. The summed E-state index contributed by atoms with van der Waals surface area (Å²) in [5.41, 5.74) is 4.97. The zero-order valence-corrected chi connectivity index (χ0v) is 6.49. The molecule has 0 spiro atoms. The van der Waals surface area contributed by atoms with Crippen LogP contribution in [0.1, 0.15) is 6.42 Å². The molecule has 0 saturated carbocycles. The molecule has 1 unspecified atom stereocenters. The number of carboxylic acid groups (broad SMARTS) is 1. The summed E-state index contributed by atoms with van der Waals surface area (Å²) in [5.74, 6) is -1.07. The molecule has 4 nitrogen and oxygen atoms in total. The Morgan fingerprint density at radius 1 is 1.67 bits per heavy atom. The molecule has 0 saturated heterocycles. The van der Waals surface area contributed by atoms with Crippen molar-refractivity contribution in [3.63, 3.8) is 0 Å². The van der Waals surface area contributed by atoms with Crippen molar-refractivity contribution in [3.05, 3.63) is 0 Å². The molecule has 0 aromatic rings. The number of aliphatic carboxylic acids is 1. The quantitative estimate of drug-likeness (QED) is 0.565. The summed E-state index contributed by atoms with van der Waals surface area (Å²) in [6, 6.07) is -0.917. The summed E-state index contributed by atoms with van der Waals surface area (Å²) in [7, 11) is 0. The topological polar surface area (TPSA) is 83.5 Å². The third-order valence-corrected chi connectivity index (χ3v) is 0.757. The molecule has 0 aliphatic carbocycles. The molecule has 1 atom stereocenters. The van der Waals surface area contributed by atoms with E-state index >= 15 is 0 Å². The Kier molecular flexibility index (Phi) is 7.76. The summed E-state index contributed by atoms with van der Waals surface area (Å²) in [5, 5.41) is 16.2. The van der Waals surface area contributed by atoms with Gasteiger partial charge in [0.25, 0.3) is 0 Å². The number of carbonyl (C=O) groups is 1. The van der Waals surface area contributed by atoms with Crippen LogP contribution in [-0.2, 0) is 4.79 Å². The largest absolute Gasteiger partial charge is 0.480 e. The van der Waals surface area contributed by atoms with Crippen LogP contribution in [0.2, 0.25) is 0 Å². The van der Waals surface area contributed by atoms with E-state index < -0.39 is 12.0 Å². The maximum atomic E-state index is 9.85. The Bertz CT molecular complexity index is 87.9. The van der Waals surface area contributed by atoms with E-state index in [9.17, 15) is 4.79 Å². The molecule has 4 N–H and O–H groups in total. The summed E-state index contributed by atoms with van der Waals surface area (Å²) in [6.07, 6.45) is 0.120. The molecular weight excluding hydrogens is 190 g/mol. The lowest BCUT2D eigenvalue weighted by atomic mass is 10.2. The van der Waals surface area contributed by atoms with Gasteiger partial charge in [-0.25, -0.2) is 0 Å². The van der Waals surface area contributed by atoms with Gasteiger partial charge in [-0.05, 0) is 6.42 Å². The standard InChI is InChI=1S/C4H9NO3.BrH/c5-3(1-2-6)4(7)8;/h3,6H,1-2,5H2,(H,7,8);1H. The third-order valence-electron chi connectivity index (χ3n) is 0.757. The number of hydrogen-bond donors (Lipinski definition) is 3. The predicted molar refractivity (Wildman–Crippen MR) is 37.6 cm³/mol. The van der Waals surface area contributed by atoms with Crippen molar-refractivity contribution in [3.8, 4) is 0 Å². The van der Waals surface area contributed by atoms with Gasteiger partial charge in [0.05, 0.1) is 0 Å². The van der Waals surface area contributed by atoms with Crippen LogP contribution >= 0.6 is 17.0 Å². The molecule has 0 aromatic carbocycles.